The molecule has 0 aliphatic heterocycles. The first kappa shape index (κ1) is 11.2. The van der Waals surface area contributed by atoms with Gasteiger partial charge in [0.1, 0.15) is 5.52 Å². The van der Waals surface area contributed by atoms with E-state index in [1.165, 1.54) is 0 Å². The molecule has 1 aromatic heterocycles. The normalized spacial score (nSPS) is 11.0. The monoisotopic (exact) mass is 235 g/mol. The fourth-order valence-corrected chi connectivity index (χ4v) is 1.69. The summed E-state index contributed by atoms with van der Waals surface area (Å²) in [7, 11) is 0. The minimum absolute atomic E-state index is 0.468. The third-order valence-corrected chi connectivity index (χ3v) is 2.54. The van der Waals surface area contributed by atoms with Crippen LogP contribution in [-0.2, 0) is 0 Å². The molecular weight excluding hydrogens is 222 g/mol. The molecule has 0 N–H and O–H groups in total. The summed E-state index contributed by atoms with van der Waals surface area (Å²) in [5.74, 6) is 1.16. The molecule has 1 aromatic carbocycles. The molecule has 3 heteroatoms. The summed E-state index contributed by atoms with van der Waals surface area (Å²) in [6.07, 6.45) is 1.75. The van der Waals surface area contributed by atoms with Crippen LogP contribution in [-0.4, -0.2) is 11.6 Å². The summed E-state index contributed by atoms with van der Waals surface area (Å²) in [5.41, 5.74) is 0.829. The largest absolute Gasteiger partial charge is 0.489 e. The molecule has 84 valence electrons. The van der Waals surface area contributed by atoms with E-state index in [-0.39, 0.29) is 0 Å². The number of rotatable bonds is 3. The van der Waals surface area contributed by atoms with Gasteiger partial charge in [-0.15, -0.1) is 0 Å². The average Bonchev–Trinajstić information content (AvgIpc) is 2.27. The SMILES string of the molecule is CC(C)COc1c(Cl)ccc2cccnc12. The highest BCUT2D eigenvalue weighted by atomic mass is 35.5. The van der Waals surface area contributed by atoms with Crippen LogP contribution in [0.4, 0.5) is 0 Å². The third kappa shape index (κ3) is 2.27. The highest BCUT2D eigenvalue weighted by Gasteiger charge is 2.08. The molecule has 2 rings (SSSR count). The van der Waals surface area contributed by atoms with Crippen molar-refractivity contribution in [1.82, 2.24) is 4.98 Å². The van der Waals surface area contributed by atoms with E-state index in [0.717, 1.165) is 10.9 Å². The van der Waals surface area contributed by atoms with Crippen molar-refractivity contribution < 1.29 is 4.74 Å². The van der Waals surface area contributed by atoms with Crippen molar-refractivity contribution in [2.75, 3.05) is 6.61 Å². The lowest BCUT2D eigenvalue weighted by atomic mass is 10.2. The van der Waals surface area contributed by atoms with Crippen molar-refractivity contribution in [3.8, 4) is 5.75 Å². The van der Waals surface area contributed by atoms with Crippen LogP contribution in [0.15, 0.2) is 30.5 Å². The van der Waals surface area contributed by atoms with Crippen LogP contribution in [0.25, 0.3) is 10.9 Å². The number of aromatic nitrogens is 1. The lowest BCUT2D eigenvalue weighted by molar-refractivity contribution is 0.274. The Morgan fingerprint density at radius 1 is 1.31 bits per heavy atom. The molecule has 0 radical (unpaired) electrons. The Balaban J connectivity index is 2.44. The summed E-state index contributed by atoms with van der Waals surface area (Å²) in [6, 6.07) is 7.71. The Bertz CT molecular complexity index is 496. The molecule has 0 aliphatic carbocycles. The number of pyridine rings is 1. The van der Waals surface area contributed by atoms with Crippen molar-refractivity contribution in [3.05, 3.63) is 35.5 Å². The van der Waals surface area contributed by atoms with Crippen molar-refractivity contribution in [3.63, 3.8) is 0 Å². The molecule has 2 aromatic rings. The molecule has 2 nitrogen and oxygen atoms in total. The first-order valence-corrected chi connectivity index (χ1v) is 5.72. The van der Waals surface area contributed by atoms with Crippen LogP contribution in [0.5, 0.6) is 5.75 Å². The number of ether oxygens (including phenoxy) is 1. The molecule has 0 amide bonds. The molecular formula is C13H14ClNO. The van der Waals surface area contributed by atoms with Gasteiger partial charge < -0.3 is 4.74 Å². The van der Waals surface area contributed by atoms with Crippen LogP contribution in [0.2, 0.25) is 5.02 Å². The van der Waals surface area contributed by atoms with Gasteiger partial charge in [-0.2, -0.15) is 0 Å². The standard InChI is InChI=1S/C13H14ClNO/c1-9(2)8-16-13-11(14)6-5-10-4-3-7-15-12(10)13/h3-7,9H,8H2,1-2H3. The zero-order chi connectivity index (χ0) is 11.5. The Labute approximate surface area is 100 Å². The summed E-state index contributed by atoms with van der Waals surface area (Å²) in [6.45, 7) is 4.86. The van der Waals surface area contributed by atoms with Crippen molar-refractivity contribution in [2.45, 2.75) is 13.8 Å². The number of halogens is 1. The van der Waals surface area contributed by atoms with Gasteiger partial charge in [-0.25, -0.2) is 0 Å². The molecule has 0 bridgehead atoms. The van der Waals surface area contributed by atoms with Gasteiger partial charge in [0.05, 0.1) is 11.6 Å². The Morgan fingerprint density at radius 3 is 2.88 bits per heavy atom. The molecule has 0 unspecified atom stereocenters. The second kappa shape index (κ2) is 4.71. The minimum atomic E-state index is 0.468. The van der Waals surface area contributed by atoms with E-state index in [2.05, 4.69) is 18.8 Å². The number of nitrogens with zero attached hydrogens (tertiary/aromatic N) is 1. The van der Waals surface area contributed by atoms with E-state index in [4.69, 9.17) is 16.3 Å². The maximum Gasteiger partial charge on any atom is 0.164 e. The van der Waals surface area contributed by atoms with E-state index in [9.17, 15) is 0 Å². The number of hydrogen-bond acceptors (Lipinski definition) is 2. The fraction of sp³-hybridized carbons (Fsp3) is 0.308. The quantitative estimate of drug-likeness (QED) is 0.805. The second-order valence-corrected chi connectivity index (χ2v) is 4.56. The third-order valence-electron chi connectivity index (χ3n) is 2.24. The van der Waals surface area contributed by atoms with E-state index >= 15 is 0 Å². The van der Waals surface area contributed by atoms with E-state index in [1.807, 2.05) is 24.3 Å². The van der Waals surface area contributed by atoms with Crippen LogP contribution >= 0.6 is 11.6 Å². The van der Waals surface area contributed by atoms with Gasteiger partial charge in [-0.05, 0) is 18.1 Å². The predicted octanol–water partition coefficient (Wildman–Crippen LogP) is 3.92. The van der Waals surface area contributed by atoms with Gasteiger partial charge in [0.2, 0.25) is 0 Å². The first-order chi connectivity index (χ1) is 7.68. The molecule has 0 saturated heterocycles. The summed E-state index contributed by atoms with van der Waals surface area (Å²) < 4.78 is 5.72. The van der Waals surface area contributed by atoms with Gasteiger partial charge >= 0.3 is 0 Å². The Kier molecular flexibility index (Phi) is 3.30. The van der Waals surface area contributed by atoms with Gasteiger partial charge in [-0.1, -0.05) is 37.6 Å². The van der Waals surface area contributed by atoms with E-state index in [0.29, 0.717) is 23.3 Å². The van der Waals surface area contributed by atoms with Gasteiger partial charge in [-0.3, -0.25) is 4.98 Å². The van der Waals surface area contributed by atoms with Gasteiger partial charge in [0.15, 0.2) is 5.75 Å². The molecule has 0 aliphatic rings. The van der Waals surface area contributed by atoms with Crippen LogP contribution < -0.4 is 4.74 Å². The molecule has 0 saturated carbocycles. The van der Waals surface area contributed by atoms with Crippen molar-refractivity contribution >= 4 is 22.5 Å². The Morgan fingerprint density at radius 2 is 2.12 bits per heavy atom. The highest BCUT2D eigenvalue weighted by Crippen LogP contribution is 2.32. The molecule has 1 heterocycles. The molecule has 0 fully saturated rings. The topological polar surface area (TPSA) is 22.1 Å². The maximum atomic E-state index is 6.12. The maximum absolute atomic E-state index is 6.12. The number of benzene rings is 1. The number of fused-ring (bicyclic) bond motifs is 1. The first-order valence-electron chi connectivity index (χ1n) is 5.34. The van der Waals surface area contributed by atoms with Crippen LogP contribution in [0.1, 0.15) is 13.8 Å². The second-order valence-electron chi connectivity index (χ2n) is 4.16. The summed E-state index contributed by atoms with van der Waals surface area (Å²) >= 11 is 6.12. The smallest absolute Gasteiger partial charge is 0.164 e. The molecule has 16 heavy (non-hydrogen) atoms. The van der Waals surface area contributed by atoms with E-state index in [1.54, 1.807) is 6.20 Å². The predicted molar refractivity (Wildman–Crippen MR) is 67.1 cm³/mol. The summed E-state index contributed by atoms with van der Waals surface area (Å²) in [5, 5.41) is 1.66. The Hall–Kier alpha value is -1.28. The van der Waals surface area contributed by atoms with Crippen molar-refractivity contribution in [2.24, 2.45) is 5.92 Å². The zero-order valence-corrected chi connectivity index (χ0v) is 10.2. The lowest BCUT2D eigenvalue weighted by Crippen LogP contribution is -2.05. The van der Waals surface area contributed by atoms with Crippen LogP contribution in [0.3, 0.4) is 0 Å². The molecule has 0 spiro atoms. The van der Waals surface area contributed by atoms with Gasteiger partial charge in [0, 0.05) is 11.6 Å². The fourth-order valence-electron chi connectivity index (χ4n) is 1.48. The molecule has 0 atom stereocenters. The van der Waals surface area contributed by atoms with Gasteiger partial charge in [0.25, 0.3) is 0 Å². The van der Waals surface area contributed by atoms with Crippen LogP contribution in [0, 0.1) is 5.92 Å². The zero-order valence-electron chi connectivity index (χ0n) is 9.40. The highest BCUT2D eigenvalue weighted by molar-refractivity contribution is 6.33. The van der Waals surface area contributed by atoms with E-state index < -0.39 is 0 Å². The minimum Gasteiger partial charge on any atom is -0.489 e. The van der Waals surface area contributed by atoms with Crippen molar-refractivity contribution in [1.29, 1.82) is 0 Å². The summed E-state index contributed by atoms with van der Waals surface area (Å²) in [4.78, 5) is 4.31. The number of hydrogen-bond donors (Lipinski definition) is 0. The lowest BCUT2D eigenvalue weighted by Gasteiger charge is -2.12. The average molecular weight is 236 g/mol.